The van der Waals surface area contributed by atoms with Crippen LogP contribution in [0.5, 0.6) is 0 Å². The molecule has 2 aliphatic rings. The maximum absolute atomic E-state index is 11.9. The van der Waals surface area contributed by atoms with Crippen molar-refractivity contribution in [1.29, 1.82) is 0 Å². The van der Waals surface area contributed by atoms with Crippen molar-refractivity contribution >= 4 is 16.5 Å². The zero-order valence-electron chi connectivity index (χ0n) is 9.19. The molecule has 0 amide bonds. The van der Waals surface area contributed by atoms with Crippen molar-refractivity contribution in [3.63, 3.8) is 0 Å². The summed E-state index contributed by atoms with van der Waals surface area (Å²) < 4.78 is 11.9. The van der Waals surface area contributed by atoms with Crippen LogP contribution in [0.2, 0.25) is 0 Å². The van der Waals surface area contributed by atoms with Crippen LogP contribution in [0.3, 0.4) is 0 Å². The molecule has 1 unspecified atom stereocenters. The van der Waals surface area contributed by atoms with E-state index in [0.717, 1.165) is 18.0 Å². The van der Waals surface area contributed by atoms with Crippen LogP contribution < -0.4 is 0 Å². The van der Waals surface area contributed by atoms with E-state index in [2.05, 4.69) is 11.0 Å². The van der Waals surface area contributed by atoms with Crippen LogP contribution in [0, 0.1) is 0 Å². The van der Waals surface area contributed by atoms with E-state index in [1.807, 2.05) is 23.6 Å². The Morgan fingerprint density at radius 2 is 1.81 bits per heavy atom. The summed E-state index contributed by atoms with van der Waals surface area (Å²) in [6.45, 7) is 2.22. The van der Waals surface area contributed by atoms with Gasteiger partial charge in [-0.25, -0.2) is 4.21 Å². The van der Waals surface area contributed by atoms with Crippen LogP contribution in [0.25, 0.3) is 5.70 Å². The average molecular weight is 233 g/mol. The maximum Gasteiger partial charge on any atom is 0.0804 e. The average Bonchev–Trinajstić information content (AvgIpc) is 2.69. The van der Waals surface area contributed by atoms with Gasteiger partial charge in [0, 0.05) is 24.1 Å². The smallest absolute Gasteiger partial charge is 0.0804 e. The highest BCUT2D eigenvalue weighted by Gasteiger charge is 2.24. The Kier molecular flexibility index (Phi) is 2.56. The summed E-state index contributed by atoms with van der Waals surface area (Å²) in [5.41, 5.74) is 2.36. The Labute approximate surface area is 98.4 Å². The van der Waals surface area contributed by atoms with Gasteiger partial charge in [0.25, 0.3) is 0 Å². The summed E-state index contributed by atoms with van der Waals surface area (Å²) in [4.78, 5) is 3.36. The SMILES string of the molecule is O=S1C=C(N2CCCCC2)c2ccccc21. The standard InChI is InChI=1S/C13H15NOS/c15-16-10-12(14-8-4-1-5-9-14)11-6-2-3-7-13(11)16/h2-3,6-7,10H,1,4-5,8-9H2. The molecule has 0 saturated carbocycles. The van der Waals surface area contributed by atoms with Crippen LogP contribution in [0.15, 0.2) is 34.6 Å². The van der Waals surface area contributed by atoms with Gasteiger partial charge < -0.3 is 4.90 Å². The molecule has 0 N–H and O–H groups in total. The molecule has 3 heteroatoms. The van der Waals surface area contributed by atoms with Gasteiger partial charge in [0.15, 0.2) is 0 Å². The second-order valence-corrected chi connectivity index (χ2v) is 5.61. The van der Waals surface area contributed by atoms with Gasteiger partial charge in [0.1, 0.15) is 0 Å². The van der Waals surface area contributed by atoms with Crippen molar-refractivity contribution in [2.24, 2.45) is 0 Å². The Hall–Kier alpha value is -1.09. The Morgan fingerprint density at radius 1 is 1.06 bits per heavy atom. The fourth-order valence-corrected chi connectivity index (χ4v) is 3.67. The predicted octanol–water partition coefficient (Wildman–Crippen LogP) is 2.59. The lowest BCUT2D eigenvalue weighted by atomic mass is 10.1. The summed E-state index contributed by atoms with van der Waals surface area (Å²) in [5, 5.41) is 1.91. The van der Waals surface area contributed by atoms with Crippen LogP contribution >= 0.6 is 0 Å². The third-order valence-electron chi connectivity index (χ3n) is 3.30. The van der Waals surface area contributed by atoms with Crippen molar-refractivity contribution in [1.82, 2.24) is 4.90 Å². The van der Waals surface area contributed by atoms with Gasteiger partial charge in [-0.2, -0.15) is 0 Å². The molecule has 1 aromatic rings. The first-order valence-corrected chi connectivity index (χ1v) is 7.04. The van der Waals surface area contributed by atoms with Gasteiger partial charge in [-0.15, -0.1) is 0 Å². The Bertz CT molecular complexity index is 461. The van der Waals surface area contributed by atoms with Gasteiger partial charge in [0.2, 0.25) is 0 Å². The zero-order valence-corrected chi connectivity index (χ0v) is 10.0. The van der Waals surface area contributed by atoms with Crippen molar-refractivity contribution in [3.05, 3.63) is 35.2 Å². The van der Waals surface area contributed by atoms with E-state index >= 15 is 0 Å². The molecular weight excluding hydrogens is 218 g/mol. The van der Waals surface area contributed by atoms with Gasteiger partial charge in [0.05, 0.1) is 21.4 Å². The van der Waals surface area contributed by atoms with Gasteiger partial charge in [-0.05, 0) is 25.3 Å². The first-order valence-electron chi connectivity index (χ1n) is 5.83. The summed E-state index contributed by atoms with van der Waals surface area (Å²) >= 11 is 0. The lowest BCUT2D eigenvalue weighted by Crippen LogP contribution is -2.27. The highest BCUT2D eigenvalue weighted by atomic mass is 32.2. The molecule has 0 aliphatic carbocycles. The number of nitrogens with zero attached hydrogens (tertiary/aromatic N) is 1. The predicted molar refractivity (Wildman–Crippen MR) is 66.3 cm³/mol. The Balaban J connectivity index is 1.97. The van der Waals surface area contributed by atoms with E-state index in [0.29, 0.717) is 0 Å². The van der Waals surface area contributed by atoms with Crippen LogP contribution in [0.1, 0.15) is 24.8 Å². The molecule has 2 heterocycles. The van der Waals surface area contributed by atoms with Gasteiger partial charge in [-0.3, -0.25) is 0 Å². The molecule has 2 aliphatic heterocycles. The van der Waals surface area contributed by atoms with E-state index in [-0.39, 0.29) is 0 Å². The first kappa shape index (κ1) is 10.1. The highest BCUT2D eigenvalue weighted by molar-refractivity contribution is 7.88. The number of hydrogen-bond acceptors (Lipinski definition) is 2. The first-order chi connectivity index (χ1) is 7.86. The molecule has 3 rings (SSSR count). The lowest BCUT2D eigenvalue weighted by molar-refractivity contribution is 0.326. The van der Waals surface area contributed by atoms with E-state index in [4.69, 9.17) is 0 Å². The molecule has 16 heavy (non-hydrogen) atoms. The Morgan fingerprint density at radius 3 is 2.62 bits per heavy atom. The molecule has 1 fully saturated rings. The number of benzene rings is 1. The normalized spacial score (nSPS) is 24.1. The fraction of sp³-hybridized carbons (Fsp3) is 0.385. The van der Waals surface area contributed by atoms with Crippen molar-refractivity contribution in [3.8, 4) is 0 Å². The van der Waals surface area contributed by atoms with E-state index in [9.17, 15) is 4.21 Å². The molecule has 0 aromatic heterocycles. The van der Waals surface area contributed by atoms with E-state index in [1.165, 1.54) is 30.5 Å². The molecule has 84 valence electrons. The van der Waals surface area contributed by atoms with E-state index in [1.54, 1.807) is 0 Å². The minimum Gasteiger partial charge on any atom is -0.371 e. The summed E-state index contributed by atoms with van der Waals surface area (Å²) in [6, 6.07) is 8.04. The minimum atomic E-state index is -0.933. The van der Waals surface area contributed by atoms with Gasteiger partial charge in [-0.1, -0.05) is 18.2 Å². The van der Waals surface area contributed by atoms with Gasteiger partial charge >= 0.3 is 0 Å². The number of likely N-dealkylation sites (tertiary alicyclic amines) is 1. The van der Waals surface area contributed by atoms with Crippen molar-refractivity contribution in [2.75, 3.05) is 13.1 Å². The number of hydrogen-bond donors (Lipinski definition) is 0. The second-order valence-electron chi connectivity index (χ2n) is 4.34. The molecule has 1 atom stereocenters. The number of rotatable bonds is 1. The highest BCUT2D eigenvalue weighted by Crippen LogP contribution is 2.34. The summed E-state index contributed by atoms with van der Waals surface area (Å²) in [5.74, 6) is 0. The summed E-state index contributed by atoms with van der Waals surface area (Å²) in [7, 11) is -0.933. The maximum atomic E-state index is 11.9. The zero-order chi connectivity index (χ0) is 11.0. The third-order valence-corrected chi connectivity index (χ3v) is 4.52. The lowest BCUT2D eigenvalue weighted by Gasteiger charge is -2.29. The molecule has 1 saturated heterocycles. The van der Waals surface area contributed by atoms with Crippen molar-refractivity contribution < 1.29 is 4.21 Å². The molecule has 1 aromatic carbocycles. The largest absolute Gasteiger partial charge is 0.371 e. The van der Waals surface area contributed by atoms with Crippen LogP contribution in [-0.2, 0) is 10.8 Å². The summed E-state index contributed by atoms with van der Waals surface area (Å²) in [6.07, 6.45) is 3.84. The monoisotopic (exact) mass is 233 g/mol. The van der Waals surface area contributed by atoms with E-state index < -0.39 is 10.8 Å². The van der Waals surface area contributed by atoms with Crippen LogP contribution in [-0.4, -0.2) is 22.2 Å². The molecule has 0 bridgehead atoms. The van der Waals surface area contributed by atoms with Crippen molar-refractivity contribution in [2.45, 2.75) is 24.2 Å². The number of fused-ring (bicyclic) bond motifs is 1. The second kappa shape index (κ2) is 4.06. The topological polar surface area (TPSA) is 20.3 Å². The minimum absolute atomic E-state index is 0.933. The fourth-order valence-electron chi connectivity index (χ4n) is 2.46. The molecule has 2 nitrogen and oxygen atoms in total. The quantitative estimate of drug-likeness (QED) is 0.743. The third kappa shape index (κ3) is 1.59. The van der Waals surface area contributed by atoms with Crippen LogP contribution in [0.4, 0.5) is 0 Å². The molecule has 0 radical (unpaired) electrons. The molecular formula is C13H15NOS. The molecule has 0 spiro atoms. The number of piperidine rings is 1.